The van der Waals surface area contributed by atoms with E-state index in [9.17, 15) is 4.79 Å². The second-order valence-electron chi connectivity index (χ2n) is 4.41. The van der Waals surface area contributed by atoms with Crippen LogP contribution in [0, 0.1) is 11.3 Å². The van der Waals surface area contributed by atoms with Gasteiger partial charge in [0.25, 0.3) is 0 Å². The number of rotatable bonds is 1. The van der Waals surface area contributed by atoms with Crippen molar-refractivity contribution in [2.75, 3.05) is 5.32 Å². The first-order chi connectivity index (χ1) is 7.83. The number of amides is 1. The molecule has 1 amide bonds. The van der Waals surface area contributed by atoms with Crippen LogP contribution in [-0.2, 0) is 4.74 Å². The maximum atomic E-state index is 11.5. The topological polar surface area (TPSA) is 62.1 Å². The molecule has 1 aromatic carbocycles. The van der Waals surface area contributed by atoms with Gasteiger partial charge in [-0.3, -0.25) is 5.32 Å². The highest BCUT2D eigenvalue weighted by atomic mass is 35.5. The van der Waals surface area contributed by atoms with E-state index in [1.165, 1.54) is 0 Å². The number of carbonyl (C=O) groups excluding carboxylic acids is 1. The molecule has 1 rings (SSSR count). The molecule has 0 radical (unpaired) electrons. The summed E-state index contributed by atoms with van der Waals surface area (Å²) < 4.78 is 5.08. The summed E-state index contributed by atoms with van der Waals surface area (Å²) in [5, 5.41) is 11.5. The molecule has 0 heterocycles. The van der Waals surface area contributed by atoms with Crippen molar-refractivity contribution in [3.63, 3.8) is 0 Å². The number of hydrogen-bond acceptors (Lipinski definition) is 3. The monoisotopic (exact) mass is 252 g/mol. The second kappa shape index (κ2) is 5.07. The molecular weight excluding hydrogens is 240 g/mol. The van der Waals surface area contributed by atoms with Crippen LogP contribution in [0.2, 0.25) is 5.02 Å². The standard InChI is InChI=1S/C12H13ClN2O2/c1-12(2,3)17-11(16)15-9-6-4-5-8(7-14)10(9)13/h4-6H,1-3H3,(H,15,16). The summed E-state index contributed by atoms with van der Waals surface area (Å²) in [6.45, 7) is 5.29. The Hall–Kier alpha value is -1.73. The van der Waals surface area contributed by atoms with E-state index in [-0.39, 0.29) is 5.02 Å². The van der Waals surface area contributed by atoms with Gasteiger partial charge in [0.15, 0.2) is 0 Å². The molecule has 0 aliphatic carbocycles. The third-order valence-corrected chi connectivity index (χ3v) is 2.16. The third kappa shape index (κ3) is 3.97. The fourth-order valence-corrected chi connectivity index (χ4v) is 1.34. The lowest BCUT2D eigenvalue weighted by molar-refractivity contribution is 0.0636. The zero-order valence-corrected chi connectivity index (χ0v) is 10.6. The van der Waals surface area contributed by atoms with Gasteiger partial charge < -0.3 is 4.74 Å². The Morgan fingerprint density at radius 2 is 2.12 bits per heavy atom. The van der Waals surface area contributed by atoms with Crippen molar-refractivity contribution in [3.8, 4) is 6.07 Å². The molecule has 0 spiro atoms. The summed E-state index contributed by atoms with van der Waals surface area (Å²) in [5.41, 5.74) is 0.0869. The van der Waals surface area contributed by atoms with Gasteiger partial charge in [0.1, 0.15) is 11.7 Å². The number of benzene rings is 1. The number of hydrogen-bond donors (Lipinski definition) is 1. The first-order valence-corrected chi connectivity index (χ1v) is 5.40. The molecule has 90 valence electrons. The van der Waals surface area contributed by atoms with Crippen LogP contribution in [0.3, 0.4) is 0 Å². The Balaban J connectivity index is 2.83. The van der Waals surface area contributed by atoms with Crippen LogP contribution in [-0.4, -0.2) is 11.7 Å². The van der Waals surface area contributed by atoms with Gasteiger partial charge in [-0.2, -0.15) is 5.26 Å². The Morgan fingerprint density at radius 1 is 1.47 bits per heavy atom. The molecule has 5 heteroatoms. The van der Waals surface area contributed by atoms with Crippen LogP contribution >= 0.6 is 11.6 Å². The van der Waals surface area contributed by atoms with Gasteiger partial charge in [-0.25, -0.2) is 4.79 Å². The lowest BCUT2D eigenvalue weighted by Gasteiger charge is -2.20. The zero-order chi connectivity index (χ0) is 13.1. The van der Waals surface area contributed by atoms with E-state index >= 15 is 0 Å². The molecule has 0 aliphatic heterocycles. The van der Waals surface area contributed by atoms with Gasteiger partial charge >= 0.3 is 6.09 Å². The van der Waals surface area contributed by atoms with Crippen molar-refractivity contribution in [1.29, 1.82) is 5.26 Å². The van der Waals surface area contributed by atoms with Crippen LogP contribution in [0.15, 0.2) is 18.2 Å². The predicted molar refractivity (Wildman–Crippen MR) is 66.0 cm³/mol. The summed E-state index contributed by atoms with van der Waals surface area (Å²) in [6.07, 6.45) is -0.602. The van der Waals surface area contributed by atoms with E-state index in [2.05, 4.69) is 5.32 Å². The van der Waals surface area contributed by atoms with Gasteiger partial charge in [-0.1, -0.05) is 17.7 Å². The minimum atomic E-state index is -0.602. The van der Waals surface area contributed by atoms with Gasteiger partial charge in [0, 0.05) is 0 Å². The number of nitrogens with one attached hydrogen (secondary N) is 1. The molecule has 1 aromatic rings. The maximum Gasteiger partial charge on any atom is 0.412 e. The molecule has 4 nitrogen and oxygen atoms in total. The van der Waals surface area contributed by atoms with Crippen molar-refractivity contribution in [2.24, 2.45) is 0 Å². The first-order valence-electron chi connectivity index (χ1n) is 5.02. The highest BCUT2D eigenvalue weighted by Crippen LogP contribution is 2.25. The number of anilines is 1. The molecule has 0 unspecified atom stereocenters. The number of carbonyl (C=O) groups is 1. The molecular formula is C12H13ClN2O2. The van der Waals surface area contributed by atoms with E-state index in [0.29, 0.717) is 11.3 Å². The van der Waals surface area contributed by atoms with Crippen molar-refractivity contribution < 1.29 is 9.53 Å². The maximum absolute atomic E-state index is 11.5. The molecule has 17 heavy (non-hydrogen) atoms. The van der Waals surface area contributed by atoms with E-state index in [0.717, 1.165) is 0 Å². The number of nitrogens with zero attached hydrogens (tertiary/aromatic N) is 1. The molecule has 0 aromatic heterocycles. The highest BCUT2D eigenvalue weighted by Gasteiger charge is 2.17. The predicted octanol–water partition coefficient (Wildman–Crippen LogP) is 3.56. The SMILES string of the molecule is CC(C)(C)OC(=O)Nc1cccc(C#N)c1Cl. The summed E-state index contributed by atoms with van der Waals surface area (Å²) in [7, 11) is 0. The zero-order valence-electron chi connectivity index (χ0n) is 9.87. The highest BCUT2D eigenvalue weighted by molar-refractivity contribution is 6.34. The fraction of sp³-hybridized carbons (Fsp3) is 0.333. The normalized spacial score (nSPS) is 10.5. The number of halogens is 1. The van der Waals surface area contributed by atoms with Crippen LogP contribution in [0.1, 0.15) is 26.3 Å². The van der Waals surface area contributed by atoms with Gasteiger partial charge in [-0.05, 0) is 32.9 Å². The van der Waals surface area contributed by atoms with Crippen LogP contribution in [0.4, 0.5) is 10.5 Å². The fourth-order valence-electron chi connectivity index (χ4n) is 1.13. The van der Waals surface area contributed by atoms with Crippen LogP contribution in [0.5, 0.6) is 0 Å². The van der Waals surface area contributed by atoms with E-state index < -0.39 is 11.7 Å². The van der Waals surface area contributed by atoms with Crippen molar-refractivity contribution in [2.45, 2.75) is 26.4 Å². The Labute approximate surface area is 105 Å². The lowest BCUT2D eigenvalue weighted by Crippen LogP contribution is -2.27. The van der Waals surface area contributed by atoms with Crippen LogP contribution in [0.25, 0.3) is 0 Å². The number of ether oxygens (including phenoxy) is 1. The molecule has 0 saturated heterocycles. The summed E-state index contributed by atoms with van der Waals surface area (Å²) >= 11 is 5.93. The van der Waals surface area contributed by atoms with E-state index in [1.54, 1.807) is 39.0 Å². The Kier molecular flexibility index (Phi) is 3.97. The van der Waals surface area contributed by atoms with Crippen LogP contribution < -0.4 is 5.32 Å². The minimum absolute atomic E-state index is 0.209. The third-order valence-electron chi connectivity index (χ3n) is 1.75. The smallest absolute Gasteiger partial charge is 0.412 e. The van der Waals surface area contributed by atoms with Crippen molar-refractivity contribution in [3.05, 3.63) is 28.8 Å². The van der Waals surface area contributed by atoms with E-state index in [1.807, 2.05) is 6.07 Å². The van der Waals surface area contributed by atoms with Gasteiger partial charge in [0.05, 0.1) is 16.3 Å². The minimum Gasteiger partial charge on any atom is -0.444 e. The van der Waals surface area contributed by atoms with E-state index in [4.69, 9.17) is 21.6 Å². The summed E-state index contributed by atoms with van der Waals surface area (Å²) in [6, 6.07) is 6.75. The molecule has 0 saturated carbocycles. The van der Waals surface area contributed by atoms with Crippen molar-refractivity contribution in [1.82, 2.24) is 0 Å². The summed E-state index contributed by atoms with van der Waals surface area (Å²) in [4.78, 5) is 11.5. The first kappa shape index (κ1) is 13.3. The quantitative estimate of drug-likeness (QED) is 0.831. The molecule has 0 fully saturated rings. The lowest BCUT2D eigenvalue weighted by atomic mass is 10.2. The Morgan fingerprint density at radius 3 is 2.65 bits per heavy atom. The molecule has 0 bridgehead atoms. The summed E-state index contributed by atoms with van der Waals surface area (Å²) in [5.74, 6) is 0. The largest absolute Gasteiger partial charge is 0.444 e. The average molecular weight is 253 g/mol. The van der Waals surface area contributed by atoms with Gasteiger partial charge in [0.2, 0.25) is 0 Å². The second-order valence-corrected chi connectivity index (χ2v) is 4.78. The molecule has 0 aliphatic rings. The molecule has 0 atom stereocenters. The average Bonchev–Trinajstić information content (AvgIpc) is 2.18. The Bertz CT molecular complexity index is 472. The molecule has 1 N–H and O–H groups in total. The van der Waals surface area contributed by atoms with Gasteiger partial charge in [-0.15, -0.1) is 0 Å². The number of nitriles is 1. The van der Waals surface area contributed by atoms with Crippen molar-refractivity contribution >= 4 is 23.4 Å².